The Balaban J connectivity index is 0.00000320. The Labute approximate surface area is 182 Å². The third-order valence-electron chi connectivity index (χ3n) is 4.08. The van der Waals surface area contributed by atoms with Gasteiger partial charge in [-0.05, 0) is 17.7 Å². The van der Waals surface area contributed by atoms with Crippen molar-refractivity contribution < 1.29 is 9.13 Å². The summed E-state index contributed by atoms with van der Waals surface area (Å²) in [5.41, 5.74) is 6.31. The molecule has 162 valence electrons. The van der Waals surface area contributed by atoms with Crippen LogP contribution in [0.25, 0.3) is 10.4 Å². The van der Waals surface area contributed by atoms with Crippen LogP contribution in [0.2, 0.25) is 0 Å². The van der Waals surface area contributed by atoms with Crippen molar-refractivity contribution in [2.24, 2.45) is 5.73 Å². The highest BCUT2D eigenvalue weighted by molar-refractivity contribution is 7.15. The maximum atomic E-state index is 12.7. The lowest BCUT2D eigenvalue weighted by molar-refractivity contribution is 0.210. The van der Waals surface area contributed by atoms with Crippen LogP contribution in [-0.4, -0.2) is 51.1 Å². The van der Waals surface area contributed by atoms with Crippen molar-refractivity contribution in [2.45, 2.75) is 13.1 Å². The average molecular weight is 456 g/mol. The molecule has 3 N–H and O–H groups in total. The minimum Gasteiger partial charge on any atom is -0.383 e. The van der Waals surface area contributed by atoms with E-state index in [1.165, 1.54) is 15.6 Å². The van der Waals surface area contributed by atoms with Gasteiger partial charge in [0.25, 0.3) is 0 Å². The predicted molar refractivity (Wildman–Crippen MR) is 117 cm³/mol. The van der Waals surface area contributed by atoms with Gasteiger partial charge in [-0.25, -0.2) is 23.8 Å². The number of halogens is 2. The van der Waals surface area contributed by atoms with Gasteiger partial charge in [-0.2, -0.15) is 5.10 Å². The number of hydrogen-bond donors (Lipinski definition) is 2. The smallest absolute Gasteiger partial charge is 0.346 e. The molecule has 0 amide bonds. The van der Waals surface area contributed by atoms with Crippen LogP contribution in [-0.2, 0) is 17.8 Å². The summed E-state index contributed by atoms with van der Waals surface area (Å²) in [7, 11) is 1.64. The molecular weight excluding hydrogens is 433 g/mol. The second-order valence-corrected chi connectivity index (χ2v) is 7.32. The van der Waals surface area contributed by atoms with Crippen molar-refractivity contribution in [3.8, 4) is 10.4 Å². The van der Waals surface area contributed by atoms with Gasteiger partial charge in [-0.1, -0.05) is 0 Å². The number of nitrogens with one attached hydrogen (secondary N) is 1. The molecule has 3 rings (SSSR count). The normalized spacial score (nSPS) is 11.4. The van der Waals surface area contributed by atoms with E-state index in [1.54, 1.807) is 30.8 Å². The molecule has 0 bridgehead atoms. The molecule has 0 unspecified atom stereocenters. The zero-order valence-electron chi connectivity index (χ0n) is 16.3. The van der Waals surface area contributed by atoms with Gasteiger partial charge in [0, 0.05) is 47.9 Å². The summed E-state index contributed by atoms with van der Waals surface area (Å²) >= 11 is 1.54. The summed E-state index contributed by atoms with van der Waals surface area (Å²) < 4.78 is 20.3. The average Bonchev–Trinajstić information content (AvgIpc) is 3.35. The zero-order valence-corrected chi connectivity index (χ0v) is 18.0. The van der Waals surface area contributed by atoms with Crippen molar-refractivity contribution in [2.75, 3.05) is 32.1 Å². The molecule has 3 heterocycles. The van der Waals surface area contributed by atoms with E-state index in [9.17, 15) is 9.18 Å². The van der Waals surface area contributed by atoms with Crippen LogP contribution < -0.4 is 16.7 Å². The third-order valence-corrected chi connectivity index (χ3v) is 5.20. The number of nitrogens with zero attached hydrogens (tertiary/aromatic N) is 5. The van der Waals surface area contributed by atoms with E-state index in [0.29, 0.717) is 37.5 Å². The van der Waals surface area contributed by atoms with Crippen LogP contribution in [0.1, 0.15) is 4.88 Å². The minimum absolute atomic E-state index is 0. The minimum atomic E-state index is -0.317. The summed E-state index contributed by atoms with van der Waals surface area (Å²) in [5.74, 6) is 0.542. The molecule has 9 nitrogen and oxygen atoms in total. The Kier molecular flexibility index (Phi) is 9.12. The van der Waals surface area contributed by atoms with Crippen LogP contribution in [0.15, 0.2) is 47.6 Å². The largest absolute Gasteiger partial charge is 0.383 e. The van der Waals surface area contributed by atoms with Crippen molar-refractivity contribution >= 4 is 29.7 Å². The topological polar surface area (TPSA) is 113 Å². The summed E-state index contributed by atoms with van der Waals surface area (Å²) in [6, 6.07) is 3.91. The maximum Gasteiger partial charge on any atom is 0.346 e. The first kappa shape index (κ1) is 23.7. The Morgan fingerprint density at radius 1 is 1.37 bits per heavy atom. The number of ether oxygens (including phenoxy) is 1. The number of aromatic nitrogens is 5. The van der Waals surface area contributed by atoms with Crippen LogP contribution in [0.4, 0.5) is 10.3 Å². The van der Waals surface area contributed by atoms with E-state index in [0.717, 1.165) is 15.3 Å². The fourth-order valence-corrected chi connectivity index (χ4v) is 3.50. The van der Waals surface area contributed by atoms with E-state index in [-0.39, 0.29) is 31.2 Å². The Bertz CT molecular complexity index is 1020. The molecule has 12 heteroatoms. The van der Waals surface area contributed by atoms with Gasteiger partial charge < -0.3 is 15.8 Å². The molecule has 0 spiro atoms. The van der Waals surface area contributed by atoms with Crippen molar-refractivity contribution in [3.05, 3.63) is 58.1 Å². The second kappa shape index (κ2) is 11.6. The molecule has 30 heavy (non-hydrogen) atoms. The highest BCUT2D eigenvalue weighted by Gasteiger charge is 2.10. The lowest BCUT2D eigenvalue weighted by atomic mass is 10.3. The van der Waals surface area contributed by atoms with Crippen molar-refractivity contribution in [1.29, 1.82) is 0 Å². The van der Waals surface area contributed by atoms with Gasteiger partial charge in [-0.3, -0.25) is 4.57 Å². The molecule has 0 radical (unpaired) electrons. The number of hydrogen-bond acceptors (Lipinski definition) is 8. The number of nitrogens with two attached hydrogens (primary N) is 1. The van der Waals surface area contributed by atoms with Crippen LogP contribution in [0.5, 0.6) is 0 Å². The van der Waals surface area contributed by atoms with Crippen LogP contribution in [0.3, 0.4) is 0 Å². The SMILES string of the molecule is COCCNc1ncc(-c2ccc(Cn3cnn(C/C(=C/F)CN)c3=O)s2)cn1.Cl. The molecule has 0 atom stereocenters. The zero-order chi connectivity index (χ0) is 20.6. The summed E-state index contributed by atoms with van der Waals surface area (Å²) in [6.45, 7) is 1.66. The quantitative estimate of drug-likeness (QED) is 0.449. The van der Waals surface area contributed by atoms with Crippen molar-refractivity contribution in [1.82, 2.24) is 24.3 Å². The molecule has 0 aliphatic heterocycles. The van der Waals surface area contributed by atoms with Gasteiger partial charge in [0.1, 0.15) is 6.33 Å². The summed E-state index contributed by atoms with van der Waals surface area (Å²) in [6.07, 6.45) is 5.36. The summed E-state index contributed by atoms with van der Waals surface area (Å²) in [5, 5.41) is 7.09. The first-order valence-electron chi connectivity index (χ1n) is 8.89. The van der Waals surface area contributed by atoms with E-state index in [1.807, 2.05) is 12.1 Å². The van der Waals surface area contributed by atoms with E-state index in [4.69, 9.17) is 10.5 Å². The van der Waals surface area contributed by atoms with Gasteiger partial charge in [-0.15, -0.1) is 23.7 Å². The maximum absolute atomic E-state index is 12.7. The van der Waals surface area contributed by atoms with Gasteiger partial charge in [0.15, 0.2) is 0 Å². The lowest BCUT2D eigenvalue weighted by Crippen LogP contribution is -2.26. The third kappa shape index (κ3) is 5.95. The molecule has 0 saturated carbocycles. The molecule has 0 aromatic carbocycles. The Morgan fingerprint density at radius 3 is 2.80 bits per heavy atom. The predicted octanol–water partition coefficient (Wildman–Crippen LogP) is 1.90. The van der Waals surface area contributed by atoms with E-state index in [2.05, 4.69) is 20.4 Å². The molecule has 0 aliphatic rings. The Morgan fingerprint density at radius 2 is 2.13 bits per heavy atom. The van der Waals surface area contributed by atoms with Crippen LogP contribution >= 0.6 is 23.7 Å². The molecule has 3 aromatic rings. The van der Waals surface area contributed by atoms with Crippen LogP contribution in [0, 0.1) is 0 Å². The Hall–Kier alpha value is -2.60. The summed E-state index contributed by atoms with van der Waals surface area (Å²) in [4.78, 5) is 23.0. The van der Waals surface area contributed by atoms with Gasteiger partial charge >= 0.3 is 5.69 Å². The van der Waals surface area contributed by atoms with Gasteiger partial charge in [0.2, 0.25) is 5.95 Å². The second-order valence-electron chi connectivity index (χ2n) is 6.15. The number of rotatable bonds is 10. The molecule has 0 fully saturated rings. The van der Waals surface area contributed by atoms with E-state index < -0.39 is 0 Å². The van der Waals surface area contributed by atoms with E-state index >= 15 is 0 Å². The fourth-order valence-electron chi connectivity index (χ4n) is 2.52. The highest BCUT2D eigenvalue weighted by atomic mass is 35.5. The first-order valence-corrected chi connectivity index (χ1v) is 9.70. The van der Waals surface area contributed by atoms with Crippen molar-refractivity contribution in [3.63, 3.8) is 0 Å². The molecule has 0 saturated heterocycles. The highest BCUT2D eigenvalue weighted by Crippen LogP contribution is 2.27. The monoisotopic (exact) mass is 455 g/mol. The lowest BCUT2D eigenvalue weighted by Gasteiger charge is -2.04. The fraction of sp³-hybridized carbons (Fsp3) is 0.333. The standard InChI is InChI=1S/C18H22FN7O2S.ClH/c1-28-5-4-21-17-22-8-14(9-23-17)16-3-2-15(29-16)11-25-12-24-26(18(25)27)10-13(6-19)7-20;/h2-3,6,8-9,12H,4-5,7,10-11,20H2,1H3,(H,21,22,23);1H/b13-6+;. The number of thiophene rings is 1. The molecule has 3 aromatic heterocycles. The number of anilines is 1. The molecule has 0 aliphatic carbocycles. The first-order chi connectivity index (χ1) is 14.1. The van der Waals surface area contributed by atoms with Gasteiger partial charge in [0.05, 0.1) is 26.0 Å². The number of methoxy groups -OCH3 is 1. The molecular formula is C18H23ClFN7O2S.